The molecule has 11 heteroatoms. The highest BCUT2D eigenvalue weighted by atomic mass is 19.1. The molecule has 1 saturated heterocycles. The van der Waals surface area contributed by atoms with Crippen molar-refractivity contribution in [3.63, 3.8) is 0 Å². The fourth-order valence-electron chi connectivity index (χ4n) is 4.01. The van der Waals surface area contributed by atoms with E-state index in [-0.39, 0.29) is 11.3 Å². The van der Waals surface area contributed by atoms with E-state index >= 15 is 0 Å². The number of nitrogens with two attached hydrogens (primary N) is 1. The van der Waals surface area contributed by atoms with E-state index in [1.54, 1.807) is 7.11 Å². The minimum atomic E-state index is -0.708. The molecule has 0 aliphatic carbocycles. The van der Waals surface area contributed by atoms with Crippen molar-refractivity contribution in [1.29, 1.82) is 0 Å². The summed E-state index contributed by atoms with van der Waals surface area (Å²) in [5.41, 5.74) is 7.32. The Morgan fingerprint density at radius 1 is 1.03 bits per heavy atom. The predicted octanol–water partition coefficient (Wildman–Crippen LogP) is 1.78. The summed E-state index contributed by atoms with van der Waals surface area (Å²) in [6.07, 6.45) is 1.42. The Labute approximate surface area is 188 Å². The number of ether oxygens (including phenoxy) is 1. The first-order valence-electron chi connectivity index (χ1n) is 10.4. The zero-order chi connectivity index (χ0) is 22.9. The van der Waals surface area contributed by atoms with Crippen LogP contribution in [0.15, 0.2) is 48.8 Å². The van der Waals surface area contributed by atoms with Crippen molar-refractivity contribution in [2.24, 2.45) is 5.73 Å². The van der Waals surface area contributed by atoms with Gasteiger partial charge in [-0.3, -0.25) is 4.79 Å². The van der Waals surface area contributed by atoms with E-state index in [1.807, 2.05) is 24.3 Å². The number of fused-ring (bicyclic) bond motifs is 1. The summed E-state index contributed by atoms with van der Waals surface area (Å²) in [4.78, 5) is 24.4. The van der Waals surface area contributed by atoms with E-state index in [2.05, 4.69) is 30.1 Å². The van der Waals surface area contributed by atoms with Gasteiger partial charge in [0.05, 0.1) is 12.8 Å². The first-order valence-corrected chi connectivity index (χ1v) is 10.4. The maximum atomic E-state index is 14.7. The summed E-state index contributed by atoms with van der Waals surface area (Å²) in [5, 5.41) is 8.32. The van der Waals surface area contributed by atoms with Crippen LogP contribution in [-0.2, 0) is 0 Å². The molecular formula is C22H21FN8O2. The smallest absolute Gasteiger partial charge is 0.248 e. The molecule has 1 aliphatic heterocycles. The molecule has 10 nitrogen and oxygen atoms in total. The van der Waals surface area contributed by atoms with Crippen LogP contribution in [-0.4, -0.2) is 64.2 Å². The SMILES string of the molecule is COc1ccccc1N1CCN(c2ncnc3c2nnn3-c2ccc(C(N)=O)cc2F)CC1. The van der Waals surface area contributed by atoms with Gasteiger partial charge in [0.25, 0.3) is 0 Å². The van der Waals surface area contributed by atoms with Crippen molar-refractivity contribution in [3.05, 3.63) is 60.2 Å². The Bertz CT molecular complexity index is 1330. The summed E-state index contributed by atoms with van der Waals surface area (Å²) in [6.45, 7) is 2.95. The largest absolute Gasteiger partial charge is 0.495 e. The number of aromatic nitrogens is 5. The number of anilines is 2. The van der Waals surface area contributed by atoms with E-state index in [0.29, 0.717) is 30.1 Å². The van der Waals surface area contributed by atoms with Gasteiger partial charge in [-0.1, -0.05) is 17.3 Å². The number of hydrogen-bond donors (Lipinski definition) is 1. The van der Waals surface area contributed by atoms with Gasteiger partial charge in [0.1, 0.15) is 23.6 Å². The van der Waals surface area contributed by atoms with Crippen LogP contribution < -0.4 is 20.3 Å². The summed E-state index contributed by atoms with van der Waals surface area (Å²) in [5.74, 6) is 0.118. The molecule has 5 rings (SSSR count). The van der Waals surface area contributed by atoms with Gasteiger partial charge in [0, 0.05) is 31.7 Å². The molecule has 168 valence electrons. The van der Waals surface area contributed by atoms with Crippen molar-refractivity contribution >= 4 is 28.6 Å². The van der Waals surface area contributed by atoms with Crippen LogP contribution in [0.2, 0.25) is 0 Å². The quantitative estimate of drug-likeness (QED) is 0.491. The highest BCUT2D eigenvalue weighted by molar-refractivity contribution is 5.93. The predicted molar refractivity (Wildman–Crippen MR) is 120 cm³/mol. The average Bonchev–Trinajstić information content (AvgIpc) is 3.28. The van der Waals surface area contributed by atoms with Crippen LogP contribution in [0, 0.1) is 5.82 Å². The van der Waals surface area contributed by atoms with E-state index in [1.165, 1.54) is 23.1 Å². The van der Waals surface area contributed by atoms with Gasteiger partial charge in [-0.15, -0.1) is 5.10 Å². The zero-order valence-electron chi connectivity index (χ0n) is 17.8. The van der Waals surface area contributed by atoms with Crippen LogP contribution in [0.1, 0.15) is 10.4 Å². The first kappa shape index (κ1) is 20.6. The van der Waals surface area contributed by atoms with Gasteiger partial charge >= 0.3 is 0 Å². The molecule has 0 unspecified atom stereocenters. The second-order valence-electron chi connectivity index (χ2n) is 7.55. The van der Waals surface area contributed by atoms with Crippen LogP contribution in [0.4, 0.5) is 15.9 Å². The first-order chi connectivity index (χ1) is 16.1. The Morgan fingerprint density at radius 2 is 1.79 bits per heavy atom. The minimum Gasteiger partial charge on any atom is -0.495 e. The summed E-state index contributed by atoms with van der Waals surface area (Å²) in [6, 6.07) is 11.9. The maximum Gasteiger partial charge on any atom is 0.248 e. The number of benzene rings is 2. The van der Waals surface area contributed by atoms with Crippen LogP contribution in [0.25, 0.3) is 16.9 Å². The fourth-order valence-corrected chi connectivity index (χ4v) is 4.01. The minimum absolute atomic E-state index is 0.0731. The molecular weight excluding hydrogens is 427 g/mol. The number of rotatable bonds is 5. The molecule has 1 aliphatic rings. The molecule has 0 radical (unpaired) electrons. The molecule has 2 N–H and O–H groups in total. The summed E-state index contributed by atoms with van der Waals surface area (Å²) < 4.78 is 21.4. The molecule has 2 aromatic heterocycles. The summed E-state index contributed by atoms with van der Waals surface area (Å²) in [7, 11) is 1.67. The number of carbonyl (C=O) groups is 1. The molecule has 0 spiro atoms. The third-order valence-electron chi connectivity index (χ3n) is 5.68. The van der Waals surface area contributed by atoms with Crippen molar-refractivity contribution in [2.45, 2.75) is 0 Å². The lowest BCUT2D eigenvalue weighted by Gasteiger charge is -2.37. The third-order valence-corrected chi connectivity index (χ3v) is 5.68. The lowest BCUT2D eigenvalue weighted by molar-refractivity contribution is 0.1000. The van der Waals surface area contributed by atoms with Crippen LogP contribution in [0.3, 0.4) is 0 Å². The number of carbonyl (C=O) groups excluding carboxylic acids is 1. The van der Waals surface area contributed by atoms with Gasteiger partial charge < -0.3 is 20.3 Å². The molecule has 3 heterocycles. The lowest BCUT2D eigenvalue weighted by Crippen LogP contribution is -2.47. The number of para-hydroxylation sites is 2. The van der Waals surface area contributed by atoms with E-state index in [4.69, 9.17) is 10.5 Å². The molecule has 33 heavy (non-hydrogen) atoms. The van der Waals surface area contributed by atoms with Crippen molar-refractivity contribution in [2.75, 3.05) is 43.1 Å². The number of primary amides is 1. The molecule has 0 saturated carbocycles. The molecule has 1 fully saturated rings. The monoisotopic (exact) mass is 448 g/mol. The Balaban J connectivity index is 1.42. The molecule has 2 aromatic carbocycles. The van der Waals surface area contributed by atoms with Gasteiger partial charge in [-0.25, -0.2) is 14.4 Å². The third kappa shape index (κ3) is 3.67. The highest BCUT2D eigenvalue weighted by Gasteiger charge is 2.24. The zero-order valence-corrected chi connectivity index (χ0v) is 17.8. The van der Waals surface area contributed by atoms with Gasteiger partial charge in [0.15, 0.2) is 17.0 Å². The highest BCUT2D eigenvalue weighted by Crippen LogP contribution is 2.30. The summed E-state index contributed by atoms with van der Waals surface area (Å²) >= 11 is 0. The number of piperazine rings is 1. The Hall–Kier alpha value is -4.28. The van der Waals surface area contributed by atoms with Crippen molar-refractivity contribution < 1.29 is 13.9 Å². The van der Waals surface area contributed by atoms with Gasteiger partial charge in [-0.2, -0.15) is 4.68 Å². The molecule has 0 atom stereocenters. The van der Waals surface area contributed by atoms with Gasteiger partial charge in [0.2, 0.25) is 5.91 Å². The van der Waals surface area contributed by atoms with Crippen molar-refractivity contribution in [3.8, 4) is 11.4 Å². The lowest BCUT2D eigenvalue weighted by atomic mass is 10.2. The Morgan fingerprint density at radius 3 is 2.52 bits per heavy atom. The number of hydrogen-bond acceptors (Lipinski definition) is 8. The van der Waals surface area contributed by atoms with Crippen LogP contribution >= 0.6 is 0 Å². The number of nitrogens with zero attached hydrogens (tertiary/aromatic N) is 7. The normalized spacial score (nSPS) is 14.0. The topological polar surface area (TPSA) is 115 Å². The van der Waals surface area contributed by atoms with E-state index in [0.717, 1.165) is 30.6 Å². The maximum absolute atomic E-state index is 14.7. The second kappa shape index (κ2) is 8.34. The van der Waals surface area contributed by atoms with Gasteiger partial charge in [-0.05, 0) is 30.3 Å². The van der Waals surface area contributed by atoms with Crippen LogP contribution in [0.5, 0.6) is 5.75 Å². The van der Waals surface area contributed by atoms with Crippen molar-refractivity contribution in [1.82, 2.24) is 25.0 Å². The number of methoxy groups -OCH3 is 1. The standard InChI is InChI=1S/C22H21FN8O2/c1-33-18-5-3-2-4-17(18)29-8-10-30(11-9-29)21-19-22(26-13-25-21)31(28-27-19)16-7-6-14(20(24)32)12-15(16)23/h2-7,12-13H,8-11H2,1H3,(H2,24,32). The number of amides is 1. The second-order valence-corrected chi connectivity index (χ2v) is 7.55. The van der Waals surface area contributed by atoms with E-state index in [9.17, 15) is 9.18 Å². The molecule has 0 bridgehead atoms. The Kier molecular flexibility index (Phi) is 5.21. The molecule has 1 amide bonds. The number of halogens is 1. The fraction of sp³-hybridized carbons (Fsp3) is 0.227. The average molecular weight is 448 g/mol. The molecule has 4 aromatic rings. The van der Waals surface area contributed by atoms with E-state index < -0.39 is 11.7 Å².